The summed E-state index contributed by atoms with van der Waals surface area (Å²) < 4.78 is 9.87. The Labute approximate surface area is 106 Å². The maximum atomic E-state index is 5.89. The van der Waals surface area contributed by atoms with Crippen molar-refractivity contribution in [2.45, 2.75) is 39.0 Å². The number of ether oxygens (including phenoxy) is 1. The predicted molar refractivity (Wildman–Crippen MR) is 69.4 cm³/mol. The number of hydrogen-bond acceptors (Lipinski definition) is 6. The molecule has 0 aliphatic carbocycles. The SMILES string of the molecule is CNc1snnc1CN1CC(C)OC(C)(C)C1. The van der Waals surface area contributed by atoms with E-state index in [1.165, 1.54) is 11.5 Å². The van der Waals surface area contributed by atoms with Crippen LogP contribution in [0, 0.1) is 0 Å². The Bertz CT molecular complexity index is 379. The lowest BCUT2D eigenvalue weighted by Crippen LogP contribution is -2.51. The molecule has 17 heavy (non-hydrogen) atoms. The van der Waals surface area contributed by atoms with Crippen LogP contribution >= 0.6 is 11.5 Å². The Morgan fingerprint density at radius 2 is 2.35 bits per heavy atom. The summed E-state index contributed by atoms with van der Waals surface area (Å²) in [5.41, 5.74) is 0.948. The number of morpholine rings is 1. The highest BCUT2D eigenvalue weighted by Gasteiger charge is 2.31. The van der Waals surface area contributed by atoms with Crippen LogP contribution in [0.5, 0.6) is 0 Å². The van der Waals surface area contributed by atoms with Gasteiger partial charge in [0.1, 0.15) is 10.7 Å². The Hall–Kier alpha value is -0.720. The van der Waals surface area contributed by atoms with Crippen LogP contribution < -0.4 is 5.32 Å². The summed E-state index contributed by atoms with van der Waals surface area (Å²) in [6.07, 6.45) is 0.267. The molecular formula is C11H20N4OS. The van der Waals surface area contributed by atoms with Crippen LogP contribution in [0.15, 0.2) is 0 Å². The molecule has 2 rings (SSSR count). The van der Waals surface area contributed by atoms with Crippen molar-refractivity contribution in [3.63, 3.8) is 0 Å². The molecule has 2 heterocycles. The molecule has 6 heteroatoms. The maximum absolute atomic E-state index is 5.89. The molecule has 1 atom stereocenters. The van der Waals surface area contributed by atoms with Gasteiger partial charge in [-0.25, -0.2) is 0 Å². The fraction of sp³-hybridized carbons (Fsp3) is 0.818. The second-order valence-corrected chi connectivity index (χ2v) is 5.91. The molecule has 1 aromatic rings. The van der Waals surface area contributed by atoms with Crippen molar-refractivity contribution in [1.82, 2.24) is 14.5 Å². The number of anilines is 1. The zero-order valence-electron chi connectivity index (χ0n) is 10.9. The van der Waals surface area contributed by atoms with Crippen LogP contribution in [0.1, 0.15) is 26.5 Å². The van der Waals surface area contributed by atoms with E-state index in [1.807, 2.05) is 7.05 Å². The number of aromatic nitrogens is 2. The van der Waals surface area contributed by atoms with Gasteiger partial charge in [0.25, 0.3) is 0 Å². The standard InChI is InChI=1S/C11H20N4OS/c1-8-5-15(7-11(2,3)16-8)6-9-10(12-4)17-14-13-9/h8,12H,5-7H2,1-4H3. The Morgan fingerprint density at radius 1 is 1.59 bits per heavy atom. The van der Waals surface area contributed by atoms with Gasteiger partial charge in [-0.05, 0) is 20.8 Å². The molecule has 96 valence electrons. The van der Waals surface area contributed by atoms with Crippen molar-refractivity contribution in [3.05, 3.63) is 5.69 Å². The third-order valence-corrected chi connectivity index (χ3v) is 3.58. The van der Waals surface area contributed by atoms with Gasteiger partial charge in [-0.2, -0.15) is 0 Å². The van der Waals surface area contributed by atoms with E-state index < -0.39 is 0 Å². The van der Waals surface area contributed by atoms with Crippen molar-refractivity contribution in [2.24, 2.45) is 0 Å². The smallest absolute Gasteiger partial charge is 0.134 e. The maximum Gasteiger partial charge on any atom is 0.134 e. The van der Waals surface area contributed by atoms with Crippen LogP contribution in [-0.4, -0.2) is 46.3 Å². The van der Waals surface area contributed by atoms with Gasteiger partial charge in [-0.3, -0.25) is 4.90 Å². The van der Waals surface area contributed by atoms with Gasteiger partial charge in [0.15, 0.2) is 0 Å². The largest absolute Gasteiger partial charge is 0.377 e. The summed E-state index contributed by atoms with van der Waals surface area (Å²) in [4.78, 5) is 2.38. The Morgan fingerprint density at radius 3 is 3.00 bits per heavy atom. The molecule has 5 nitrogen and oxygen atoms in total. The highest BCUT2D eigenvalue weighted by molar-refractivity contribution is 7.10. The van der Waals surface area contributed by atoms with E-state index in [9.17, 15) is 0 Å². The summed E-state index contributed by atoms with van der Waals surface area (Å²) in [5.74, 6) is 0. The van der Waals surface area contributed by atoms with Crippen molar-refractivity contribution in [3.8, 4) is 0 Å². The van der Waals surface area contributed by atoms with Gasteiger partial charge in [0.2, 0.25) is 0 Å². The minimum atomic E-state index is -0.0824. The zero-order valence-corrected chi connectivity index (χ0v) is 11.7. The van der Waals surface area contributed by atoms with E-state index in [2.05, 4.69) is 40.6 Å². The first-order valence-electron chi connectivity index (χ1n) is 5.89. The monoisotopic (exact) mass is 256 g/mol. The molecule has 0 saturated carbocycles. The van der Waals surface area contributed by atoms with Crippen LogP contribution in [0.4, 0.5) is 5.00 Å². The van der Waals surface area contributed by atoms with Crippen molar-refractivity contribution < 1.29 is 4.74 Å². The topological polar surface area (TPSA) is 50.3 Å². The first-order chi connectivity index (χ1) is 8.00. The molecule has 1 N–H and O–H groups in total. The summed E-state index contributed by atoms with van der Waals surface area (Å²) in [5, 5.41) is 8.37. The molecule has 0 aromatic carbocycles. The van der Waals surface area contributed by atoms with E-state index in [1.54, 1.807) is 0 Å². The minimum Gasteiger partial charge on any atom is -0.377 e. The lowest BCUT2D eigenvalue weighted by atomic mass is 10.1. The fourth-order valence-corrected chi connectivity index (χ4v) is 2.94. The molecule has 1 aromatic heterocycles. The van der Waals surface area contributed by atoms with E-state index in [-0.39, 0.29) is 11.7 Å². The highest BCUT2D eigenvalue weighted by Crippen LogP contribution is 2.24. The molecule has 1 unspecified atom stereocenters. The molecule has 1 aliphatic heterocycles. The second kappa shape index (κ2) is 4.88. The lowest BCUT2D eigenvalue weighted by molar-refractivity contribution is -0.130. The summed E-state index contributed by atoms with van der Waals surface area (Å²) in [6, 6.07) is 0. The molecule has 0 amide bonds. The van der Waals surface area contributed by atoms with Crippen LogP contribution in [-0.2, 0) is 11.3 Å². The molecule has 0 bridgehead atoms. The van der Waals surface area contributed by atoms with Crippen molar-refractivity contribution >= 4 is 16.5 Å². The summed E-state index contributed by atoms with van der Waals surface area (Å²) >= 11 is 1.41. The van der Waals surface area contributed by atoms with E-state index in [4.69, 9.17) is 4.74 Å². The van der Waals surface area contributed by atoms with Crippen molar-refractivity contribution in [2.75, 3.05) is 25.5 Å². The normalized spacial score (nSPS) is 24.8. The first-order valence-corrected chi connectivity index (χ1v) is 6.66. The van der Waals surface area contributed by atoms with Crippen molar-refractivity contribution in [1.29, 1.82) is 0 Å². The van der Waals surface area contributed by atoms with Crippen LogP contribution in [0.3, 0.4) is 0 Å². The third-order valence-electron chi connectivity index (χ3n) is 2.80. The summed E-state index contributed by atoms with van der Waals surface area (Å²) in [6.45, 7) is 9.10. The molecule has 1 fully saturated rings. The van der Waals surface area contributed by atoms with Crippen LogP contribution in [0.2, 0.25) is 0 Å². The minimum absolute atomic E-state index is 0.0824. The first kappa shape index (κ1) is 12.7. The average Bonchev–Trinajstić information content (AvgIpc) is 2.61. The van der Waals surface area contributed by atoms with Gasteiger partial charge >= 0.3 is 0 Å². The predicted octanol–water partition coefficient (Wildman–Crippen LogP) is 1.58. The van der Waals surface area contributed by atoms with Gasteiger partial charge in [0.05, 0.1) is 11.7 Å². The van der Waals surface area contributed by atoms with Gasteiger partial charge < -0.3 is 10.1 Å². The molecule has 1 aliphatic rings. The molecule has 0 spiro atoms. The molecular weight excluding hydrogens is 236 g/mol. The number of nitrogens with zero attached hydrogens (tertiary/aromatic N) is 3. The molecule has 1 saturated heterocycles. The third kappa shape index (κ3) is 3.14. The zero-order chi connectivity index (χ0) is 12.5. The van der Waals surface area contributed by atoms with E-state index >= 15 is 0 Å². The second-order valence-electron chi connectivity index (χ2n) is 5.16. The average molecular weight is 256 g/mol. The van der Waals surface area contributed by atoms with Gasteiger partial charge in [-0.1, -0.05) is 4.49 Å². The van der Waals surface area contributed by atoms with Crippen LogP contribution in [0.25, 0.3) is 0 Å². The Balaban J connectivity index is 2.03. The quantitative estimate of drug-likeness (QED) is 0.890. The number of hydrogen-bond donors (Lipinski definition) is 1. The lowest BCUT2D eigenvalue weighted by Gasteiger charge is -2.41. The Kier molecular flexibility index (Phi) is 3.65. The van der Waals surface area contributed by atoms with Gasteiger partial charge in [-0.15, -0.1) is 5.10 Å². The summed E-state index contributed by atoms with van der Waals surface area (Å²) in [7, 11) is 1.91. The van der Waals surface area contributed by atoms with E-state index in [0.717, 1.165) is 30.3 Å². The number of rotatable bonds is 3. The highest BCUT2D eigenvalue weighted by atomic mass is 32.1. The number of nitrogens with one attached hydrogen (secondary N) is 1. The van der Waals surface area contributed by atoms with Gasteiger partial charge in [0, 0.05) is 38.2 Å². The molecule has 0 radical (unpaired) electrons. The van der Waals surface area contributed by atoms with E-state index in [0.29, 0.717) is 0 Å². The fourth-order valence-electron chi connectivity index (χ4n) is 2.42.